The van der Waals surface area contributed by atoms with Crippen molar-refractivity contribution in [3.63, 3.8) is 0 Å². The Morgan fingerprint density at radius 1 is 1.35 bits per heavy atom. The first-order valence-electron chi connectivity index (χ1n) is 7.09. The average Bonchev–Trinajstić information content (AvgIpc) is 2.90. The van der Waals surface area contributed by atoms with Crippen LogP contribution in [0.3, 0.4) is 0 Å². The molecule has 0 spiro atoms. The average molecular weight is 275 g/mol. The minimum absolute atomic E-state index is 0.0678. The number of carbonyl (C=O) groups excluding carboxylic acids is 2. The molecule has 0 bridgehead atoms. The summed E-state index contributed by atoms with van der Waals surface area (Å²) in [6, 6.07) is 5.39. The van der Waals surface area contributed by atoms with Gasteiger partial charge in [0.25, 0.3) is 5.91 Å². The second-order valence-electron chi connectivity index (χ2n) is 5.23. The van der Waals surface area contributed by atoms with E-state index in [-0.39, 0.29) is 11.9 Å². The first-order chi connectivity index (χ1) is 9.54. The first kappa shape index (κ1) is 14.6. The van der Waals surface area contributed by atoms with E-state index >= 15 is 0 Å². The van der Waals surface area contributed by atoms with Crippen molar-refractivity contribution in [2.45, 2.75) is 39.7 Å². The van der Waals surface area contributed by atoms with Crippen LogP contribution >= 0.6 is 0 Å². The molecule has 0 aliphatic carbocycles. The van der Waals surface area contributed by atoms with Crippen LogP contribution in [0.15, 0.2) is 18.2 Å². The van der Waals surface area contributed by atoms with Gasteiger partial charge in [-0.2, -0.15) is 0 Å². The smallest absolute Gasteiger partial charge is 0.328 e. The third kappa shape index (κ3) is 2.84. The molecule has 1 heterocycles. The van der Waals surface area contributed by atoms with Gasteiger partial charge < -0.3 is 9.64 Å². The summed E-state index contributed by atoms with van der Waals surface area (Å²) in [6.07, 6.45) is 1.54. The summed E-state index contributed by atoms with van der Waals surface area (Å²) >= 11 is 0. The molecular weight excluding hydrogens is 254 g/mol. The number of benzene rings is 1. The highest BCUT2D eigenvalue weighted by Crippen LogP contribution is 2.23. The van der Waals surface area contributed by atoms with Gasteiger partial charge in [-0.15, -0.1) is 0 Å². The van der Waals surface area contributed by atoms with Gasteiger partial charge >= 0.3 is 5.97 Å². The predicted molar refractivity (Wildman–Crippen MR) is 76.6 cm³/mol. The third-order valence-corrected chi connectivity index (χ3v) is 3.70. The monoisotopic (exact) mass is 275 g/mol. The Hall–Kier alpha value is -1.84. The van der Waals surface area contributed by atoms with Crippen LogP contribution in [0.5, 0.6) is 0 Å². The van der Waals surface area contributed by atoms with Crippen LogP contribution in [0.4, 0.5) is 0 Å². The maximum Gasteiger partial charge on any atom is 0.328 e. The standard InChI is InChI=1S/C16H21NO3/c1-4-20-16(19)14-6-5-9-17(14)15(18)13-10-11(2)7-8-12(13)3/h7-8,10,14H,4-6,9H2,1-3H3. The molecule has 1 fully saturated rings. The number of aryl methyl sites for hydroxylation is 2. The molecule has 4 heteroatoms. The lowest BCUT2D eigenvalue weighted by Crippen LogP contribution is -2.41. The summed E-state index contributed by atoms with van der Waals surface area (Å²) in [7, 11) is 0. The number of likely N-dealkylation sites (tertiary alicyclic amines) is 1. The van der Waals surface area contributed by atoms with Crippen LogP contribution in [-0.4, -0.2) is 36.0 Å². The van der Waals surface area contributed by atoms with Crippen molar-refractivity contribution in [2.75, 3.05) is 13.2 Å². The molecule has 0 saturated carbocycles. The Morgan fingerprint density at radius 2 is 2.10 bits per heavy atom. The molecule has 0 N–H and O–H groups in total. The Balaban J connectivity index is 2.23. The summed E-state index contributed by atoms with van der Waals surface area (Å²) in [5.41, 5.74) is 2.67. The van der Waals surface area contributed by atoms with E-state index in [9.17, 15) is 9.59 Å². The van der Waals surface area contributed by atoms with Crippen molar-refractivity contribution in [3.05, 3.63) is 34.9 Å². The summed E-state index contributed by atoms with van der Waals surface area (Å²) < 4.78 is 5.06. The lowest BCUT2D eigenvalue weighted by molar-refractivity contribution is -0.147. The van der Waals surface area contributed by atoms with Crippen LogP contribution in [-0.2, 0) is 9.53 Å². The fraction of sp³-hybridized carbons (Fsp3) is 0.500. The van der Waals surface area contributed by atoms with Gasteiger partial charge in [-0.05, 0) is 45.2 Å². The minimum Gasteiger partial charge on any atom is -0.464 e. The first-order valence-corrected chi connectivity index (χ1v) is 7.09. The fourth-order valence-electron chi connectivity index (χ4n) is 2.61. The van der Waals surface area contributed by atoms with Gasteiger partial charge in [-0.25, -0.2) is 4.79 Å². The molecule has 20 heavy (non-hydrogen) atoms. The van der Waals surface area contributed by atoms with Crippen molar-refractivity contribution in [3.8, 4) is 0 Å². The highest BCUT2D eigenvalue weighted by atomic mass is 16.5. The van der Waals surface area contributed by atoms with Crippen molar-refractivity contribution < 1.29 is 14.3 Å². The zero-order valence-corrected chi connectivity index (χ0v) is 12.3. The van der Waals surface area contributed by atoms with Gasteiger partial charge in [0, 0.05) is 12.1 Å². The number of nitrogens with zero attached hydrogens (tertiary/aromatic N) is 1. The molecule has 1 amide bonds. The third-order valence-electron chi connectivity index (χ3n) is 3.70. The fourth-order valence-corrected chi connectivity index (χ4v) is 2.61. The maximum atomic E-state index is 12.7. The summed E-state index contributed by atoms with van der Waals surface area (Å²) in [5.74, 6) is -0.356. The van der Waals surface area contributed by atoms with Gasteiger partial charge in [0.2, 0.25) is 0 Å². The zero-order chi connectivity index (χ0) is 14.7. The molecule has 1 unspecified atom stereocenters. The molecule has 2 rings (SSSR count). The van der Waals surface area contributed by atoms with E-state index in [4.69, 9.17) is 4.74 Å². The number of esters is 1. The predicted octanol–water partition coefficient (Wildman–Crippen LogP) is 2.47. The van der Waals surface area contributed by atoms with Crippen molar-refractivity contribution in [2.24, 2.45) is 0 Å². The number of hydrogen-bond donors (Lipinski definition) is 0. The molecule has 0 radical (unpaired) electrons. The van der Waals surface area contributed by atoms with Crippen LogP contribution in [0.1, 0.15) is 41.3 Å². The van der Waals surface area contributed by atoms with E-state index in [0.29, 0.717) is 25.1 Å². The summed E-state index contributed by atoms with van der Waals surface area (Å²) in [5, 5.41) is 0. The highest BCUT2D eigenvalue weighted by molar-refractivity contribution is 5.98. The summed E-state index contributed by atoms with van der Waals surface area (Å²) in [4.78, 5) is 26.2. The van der Waals surface area contributed by atoms with Crippen LogP contribution in [0, 0.1) is 13.8 Å². The number of ether oxygens (including phenoxy) is 1. The Bertz CT molecular complexity index is 524. The number of rotatable bonds is 3. The lowest BCUT2D eigenvalue weighted by Gasteiger charge is -2.24. The molecule has 1 aliphatic rings. The topological polar surface area (TPSA) is 46.6 Å². The number of amides is 1. The van der Waals surface area contributed by atoms with E-state index in [1.54, 1.807) is 11.8 Å². The highest BCUT2D eigenvalue weighted by Gasteiger charge is 2.35. The van der Waals surface area contributed by atoms with Crippen LogP contribution < -0.4 is 0 Å². The van der Waals surface area contributed by atoms with Gasteiger partial charge in [0.05, 0.1) is 6.61 Å². The second-order valence-corrected chi connectivity index (χ2v) is 5.23. The molecule has 1 aromatic rings. The van der Waals surface area contributed by atoms with E-state index in [0.717, 1.165) is 17.5 Å². The Morgan fingerprint density at radius 3 is 2.80 bits per heavy atom. The van der Waals surface area contributed by atoms with E-state index in [1.165, 1.54) is 0 Å². The van der Waals surface area contributed by atoms with Crippen molar-refractivity contribution in [1.29, 1.82) is 0 Å². The largest absolute Gasteiger partial charge is 0.464 e. The molecule has 0 aromatic heterocycles. The zero-order valence-electron chi connectivity index (χ0n) is 12.3. The van der Waals surface area contributed by atoms with Crippen molar-refractivity contribution in [1.82, 2.24) is 4.90 Å². The molecule has 1 aromatic carbocycles. The van der Waals surface area contributed by atoms with E-state index in [2.05, 4.69) is 0 Å². The van der Waals surface area contributed by atoms with Gasteiger partial charge in [-0.1, -0.05) is 17.7 Å². The molecule has 108 valence electrons. The SMILES string of the molecule is CCOC(=O)C1CCCN1C(=O)c1cc(C)ccc1C. The van der Waals surface area contributed by atoms with Crippen LogP contribution in [0.2, 0.25) is 0 Å². The molecule has 1 saturated heterocycles. The van der Waals surface area contributed by atoms with Gasteiger partial charge in [0.15, 0.2) is 0 Å². The minimum atomic E-state index is -0.428. The normalized spacial score (nSPS) is 18.1. The van der Waals surface area contributed by atoms with E-state index < -0.39 is 6.04 Å². The van der Waals surface area contributed by atoms with Crippen molar-refractivity contribution >= 4 is 11.9 Å². The summed E-state index contributed by atoms with van der Waals surface area (Å²) in [6.45, 7) is 6.63. The molecule has 4 nitrogen and oxygen atoms in total. The Kier molecular flexibility index (Phi) is 4.42. The molecule has 1 atom stereocenters. The molecule has 1 aliphatic heterocycles. The van der Waals surface area contributed by atoms with E-state index in [1.807, 2.05) is 32.0 Å². The second kappa shape index (κ2) is 6.07. The van der Waals surface area contributed by atoms with Crippen LogP contribution in [0.25, 0.3) is 0 Å². The maximum absolute atomic E-state index is 12.7. The Labute approximate surface area is 119 Å². The lowest BCUT2D eigenvalue weighted by atomic mass is 10.0. The number of carbonyl (C=O) groups is 2. The van der Waals surface area contributed by atoms with Gasteiger partial charge in [-0.3, -0.25) is 4.79 Å². The molecular formula is C16H21NO3. The number of hydrogen-bond acceptors (Lipinski definition) is 3. The van der Waals surface area contributed by atoms with Gasteiger partial charge in [0.1, 0.15) is 6.04 Å². The quantitative estimate of drug-likeness (QED) is 0.796.